The molecule has 28 heavy (non-hydrogen) atoms. The summed E-state index contributed by atoms with van der Waals surface area (Å²) in [6.07, 6.45) is 0. The summed E-state index contributed by atoms with van der Waals surface area (Å²) < 4.78 is 1.41. The van der Waals surface area contributed by atoms with E-state index in [9.17, 15) is 9.59 Å². The highest BCUT2D eigenvalue weighted by Crippen LogP contribution is 2.18. The van der Waals surface area contributed by atoms with Crippen molar-refractivity contribution >= 4 is 28.4 Å². The zero-order valence-electron chi connectivity index (χ0n) is 16.4. The lowest BCUT2D eigenvalue weighted by Crippen LogP contribution is -2.32. The Morgan fingerprint density at radius 1 is 1.11 bits per heavy atom. The van der Waals surface area contributed by atoms with Crippen molar-refractivity contribution in [1.29, 1.82) is 0 Å². The molecule has 2 aromatic carbocycles. The van der Waals surface area contributed by atoms with Crippen LogP contribution in [0, 0.1) is 12.8 Å². The molecule has 0 atom stereocenters. The molecule has 1 N–H and O–H groups in total. The maximum Gasteiger partial charge on any atom is 0.274 e. The van der Waals surface area contributed by atoms with E-state index in [1.807, 2.05) is 26.0 Å². The van der Waals surface area contributed by atoms with Gasteiger partial charge in [-0.15, -0.1) is 11.8 Å². The van der Waals surface area contributed by atoms with Gasteiger partial charge >= 0.3 is 0 Å². The molecule has 1 heterocycles. The Hall–Kier alpha value is -2.60. The van der Waals surface area contributed by atoms with Crippen LogP contribution in [0.5, 0.6) is 0 Å². The number of thioether (sulfide) groups is 1. The van der Waals surface area contributed by atoms with E-state index >= 15 is 0 Å². The fraction of sp³-hybridized carbons (Fsp3) is 0.318. The largest absolute Gasteiger partial charge is 0.350 e. The van der Waals surface area contributed by atoms with Gasteiger partial charge in [-0.1, -0.05) is 49.7 Å². The van der Waals surface area contributed by atoms with Gasteiger partial charge in [0.25, 0.3) is 11.5 Å². The first-order valence-electron chi connectivity index (χ1n) is 9.43. The summed E-state index contributed by atoms with van der Waals surface area (Å²) in [7, 11) is 0. The van der Waals surface area contributed by atoms with Crippen molar-refractivity contribution in [3.8, 4) is 0 Å². The van der Waals surface area contributed by atoms with Gasteiger partial charge in [0.15, 0.2) is 5.69 Å². The highest BCUT2D eigenvalue weighted by atomic mass is 32.2. The Bertz CT molecular complexity index is 1030. The topological polar surface area (TPSA) is 64.0 Å². The molecular formula is C22H25N3O2S. The number of rotatable bonds is 7. The fourth-order valence-electron chi connectivity index (χ4n) is 2.92. The zero-order chi connectivity index (χ0) is 20.1. The average molecular weight is 396 g/mol. The van der Waals surface area contributed by atoms with Crippen molar-refractivity contribution in [2.24, 2.45) is 5.92 Å². The number of hydrogen-bond donors (Lipinski definition) is 1. The minimum absolute atomic E-state index is 0.157. The Morgan fingerprint density at radius 2 is 1.79 bits per heavy atom. The second-order valence-electron chi connectivity index (χ2n) is 7.19. The second-order valence-corrected chi connectivity index (χ2v) is 8.36. The molecule has 0 bridgehead atoms. The highest BCUT2D eigenvalue weighted by molar-refractivity contribution is 7.99. The molecule has 0 saturated carbocycles. The molecular weight excluding hydrogens is 370 g/mol. The van der Waals surface area contributed by atoms with Crippen LogP contribution in [0.3, 0.4) is 0 Å². The number of nitrogens with one attached hydrogen (secondary N) is 1. The summed E-state index contributed by atoms with van der Waals surface area (Å²) in [6.45, 7) is 7.10. The highest BCUT2D eigenvalue weighted by Gasteiger charge is 2.16. The van der Waals surface area contributed by atoms with Crippen LogP contribution < -0.4 is 10.9 Å². The van der Waals surface area contributed by atoms with Gasteiger partial charge in [-0.05, 0) is 31.0 Å². The number of amides is 1. The molecule has 0 saturated heterocycles. The monoisotopic (exact) mass is 395 g/mol. The molecule has 0 aliphatic heterocycles. The Morgan fingerprint density at radius 3 is 2.46 bits per heavy atom. The quantitative estimate of drug-likeness (QED) is 0.487. The lowest BCUT2D eigenvalue weighted by Gasteiger charge is -2.12. The molecule has 5 nitrogen and oxygen atoms in total. The van der Waals surface area contributed by atoms with E-state index in [4.69, 9.17) is 0 Å². The molecule has 1 aromatic heterocycles. The summed E-state index contributed by atoms with van der Waals surface area (Å²) in [5, 5.41) is 8.43. The lowest BCUT2D eigenvalue weighted by molar-refractivity contribution is 0.0950. The van der Waals surface area contributed by atoms with Gasteiger partial charge in [-0.3, -0.25) is 9.59 Å². The van der Waals surface area contributed by atoms with Gasteiger partial charge in [-0.25, -0.2) is 4.68 Å². The number of hydrogen-bond acceptors (Lipinski definition) is 4. The predicted octanol–water partition coefficient (Wildman–Crippen LogP) is 3.88. The summed E-state index contributed by atoms with van der Waals surface area (Å²) in [4.78, 5) is 26.6. The molecule has 0 fully saturated rings. The Kier molecular flexibility index (Phi) is 6.52. The first-order valence-corrected chi connectivity index (χ1v) is 10.4. The maximum absolute atomic E-state index is 12.8. The average Bonchev–Trinajstić information content (AvgIpc) is 2.68. The second kappa shape index (κ2) is 9.06. The van der Waals surface area contributed by atoms with Crippen LogP contribution in [0.1, 0.15) is 29.9 Å². The van der Waals surface area contributed by atoms with Gasteiger partial charge in [0.1, 0.15) is 0 Å². The minimum atomic E-state index is -0.252. The Labute approximate surface area is 169 Å². The van der Waals surface area contributed by atoms with Gasteiger partial charge < -0.3 is 5.32 Å². The van der Waals surface area contributed by atoms with E-state index in [0.29, 0.717) is 29.6 Å². The SMILES string of the molecule is Cc1ccc(SCCNC(=O)c2nn(CC(C)C)c(=O)c3ccccc23)cc1. The molecule has 0 radical (unpaired) electrons. The van der Waals surface area contributed by atoms with Crippen LogP contribution in [0.2, 0.25) is 0 Å². The number of benzene rings is 2. The summed E-state index contributed by atoms with van der Waals surface area (Å²) in [5.41, 5.74) is 1.37. The zero-order valence-corrected chi connectivity index (χ0v) is 17.3. The van der Waals surface area contributed by atoms with E-state index in [2.05, 4.69) is 41.6 Å². The third kappa shape index (κ3) is 4.81. The molecule has 0 unspecified atom stereocenters. The number of carbonyl (C=O) groups is 1. The smallest absolute Gasteiger partial charge is 0.274 e. The number of carbonyl (C=O) groups excluding carboxylic acids is 1. The van der Waals surface area contributed by atoms with Crippen molar-refractivity contribution in [2.75, 3.05) is 12.3 Å². The summed E-state index contributed by atoms with van der Waals surface area (Å²) in [5.74, 6) is 0.768. The fourth-order valence-corrected chi connectivity index (χ4v) is 3.69. The first-order chi connectivity index (χ1) is 13.5. The van der Waals surface area contributed by atoms with E-state index in [1.165, 1.54) is 15.1 Å². The molecule has 3 aromatic rings. The van der Waals surface area contributed by atoms with Gasteiger partial charge in [-0.2, -0.15) is 5.10 Å². The van der Waals surface area contributed by atoms with E-state index in [0.717, 1.165) is 5.75 Å². The molecule has 146 valence electrons. The van der Waals surface area contributed by atoms with Crippen LogP contribution in [-0.2, 0) is 6.54 Å². The maximum atomic E-state index is 12.8. The third-order valence-corrected chi connectivity index (χ3v) is 5.31. The van der Waals surface area contributed by atoms with Gasteiger partial charge in [0.2, 0.25) is 0 Å². The van der Waals surface area contributed by atoms with Crippen LogP contribution in [0.4, 0.5) is 0 Å². The van der Waals surface area contributed by atoms with Crippen molar-refractivity contribution < 1.29 is 4.79 Å². The number of nitrogens with zero attached hydrogens (tertiary/aromatic N) is 2. The minimum Gasteiger partial charge on any atom is -0.350 e. The Balaban J connectivity index is 1.74. The predicted molar refractivity (Wildman–Crippen MR) is 115 cm³/mol. The van der Waals surface area contributed by atoms with Crippen molar-refractivity contribution in [3.63, 3.8) is 0 Å². The molecule has 1 amide bonds. The summed E-state index contributed by atoms with van der Waals surface area (Å²) >= 11 is 1.69. The molecule has 0 spiro atoms. The standard InChI is InChI=1S/C22H25N3O2S/c1-15(2)14-25-22(27)19-7-5-4-6-18(19)20(24-25)21(26)23-12-13-28-17-10-8-16(3)9-11-17/h4-11,15H,12-14H2,1-3H3,(H,23,26). The third-order valence-electron chi connectivity index (χ3n) is 4.30. The van der Waals surface area contributed by atoms with Gasteiger partial charge in [0.05, 0.1) is 5.39 Å². The molecule has 3 rings (SSSR count). The molecule has 6 heteroatoms. The van der Waals surface area contributed by atoms with Gasteiger partial charge in [0, 0.05) is 29.1 Å². The summed E-state index contributed by atoms with van der Waals surface area (Å²) in [6, 6.07) is 15.5. The number of aryl methyl sites for hydroxylation is 1. The van der Waals surface area contributed by atoms with Crippen LogP contribution in [0.15, 0.2) is 58.2 Å². The van der Waals surface area contributed by atoms with Crippen LogP contribution in [-0.4, -0.2) is 28.0 Å². The van der Waals surface area contributed by atoms with Crippen molar-refractivity contribution in [3.05, 3.63) is 70.1 Å². The van der Waals surface area contributed by atoms with Crippen molar-refractivity contribution in [2.45, 2.75) is 32.2 Å². The van der Waals surface area contributed by atoms with E-state index < -0.39 is 0 Å². The normalized spacial score (nSPS) is 11.1. The van der Waals surface area contributed by atoms with Crippen LogP contribution in [0.25, 0.3) is 10.8 Å². The van der Waals surface area contributed by atoms with Crippen LogP contribution >= 0.6 is 11.8 Å². The first kappa shape index (κ1) is 20.1. The molecule has 0 aliphatic carbocycles. The number of fused-ring (bicyclic) bond motifs is 1. The van der Waals surface area contributed by atoms with E-state index in [-0.39, 0.29) is 17.4 Å². The van der Waals surface area contributed by atoms with Crippen molar-refractivity contribution in [1.82, 2.24) is 15.1 Å². The van der Waals surface area contributed by atoms with E-state index in [1.54, 1.807) is 23.9 Å². The number of aromatic nitrogens is 2. The molecule has 0 aliphatic rings. The lowest BCUT2D eigenvalue weighted by atomic mass is 10.1.